The van der Waals surface area contributed by atoms with Gasteiger partial charge in [-0.2, -0.15) is 12.7 Å². The van der Waals surface area contributed by atoms with Crippen molar-refractivity contribution in [2.45, 2.75) is 32.2 Å². The largest absolute Gasteiger partial charge is 0.481 e. The number of hydrogen-bond donors (Lipinski definition) is 2. The maximum atomic E-state index is 12.2. The van der Waals surface area contributed by atoms with E-state index in [4.69, 9.17) is 5.11 Å². The van der Waals surface area contributed by atoms with E-state index in [1.165, 1.54) is 4.31 Å². The maximum Gasteiger partial charge on any atom is 0.307 e. The van der Waals surface area contributed by atoms with Gasteiger partial charge in [0.25, 0.3) is 10.2 Å². The lowest BCUT2D eigenvalue weighted by Crippen LogP contribution is -2.53. The lowest BCUT2D eigenvalue weighted by Gasteiger charge is -2.35. The Morgan fingerprint density at radius 2 is 2.05 bits per heavy atom. The predicted octanol–water partition coefficient (Wildman–Crippen LogP) is -0.0424. The Bertz CT molecular complexity index is 448. The van der Waals surface area contributed by atoms with Crippen LogP contribution < -0.4 is 4.72 Å². The van der Waals surface area contributed by atoms with Gasteiger partial charge in [-0.15, -0.1) is 0 Å². The molecule has 8 heteroatoms. The Hall–Kier alpha value is -0.700. The van der Waals surface area contributed by atoms with Gasteiger partial charge in [0.2, 0.25) is 0 Å². The fourth-order valence-electron chi connectivity index (χ4n) is 1.88. The minimum atomic E-state index is -3.62. The standard InChI is InChI=1S/C12H25N3O4S/c1-12(2,14(3)4)9-13-20(18,19)15-7-5-6-10(8-15)11(16)17/h10,13H,5-9H2,1-4H3,(H,16,17). The smallest absolute Gasteiger partial charge is 0.307 e. The summed E-state index contributed by atoms with van der Waals surface area (Å²) in [6, 6.07) is 0. The number of likely N-dealkylation sites (N-methyl/N-ethyl adjacent to an activating group) is 1. The molecule has 2 N–H and O–H groups in total. The summed E-state index contributed by atoms with van der Waals surface area (Å²) < 4.78 is 28.3. The number of piperidine rings is 1. The Morgan fingerprint density at radius 1 is 1.45 bits per heavy atom. The third kappa shape index (κ3) is 4.41. The van der Waals surface area contributed by atoms with Crippen molar-refractivity contribution in [2.24, 2.45) is 5.92 Å². The van der Waals surface area contributed by atoms with E-state index < -0.39 is 22.1 Å². The van der Waals surface area contributed by atoms with Gasteiger partial charge in [0.05, 0.1) is 5.92 Å². The number of carboxylic acids is 1. The molecule has 1 heterocycles. The average Bonchev–Trinajstić information content (AvgIpc) is 2.36. The summed E-state index contributed by atoms with van der Waals surface area (Å²) in [4.78, 5) is 12.9. The van der Waals surface area contributed by atoms with Gasteiger partial charge < -0.3 is 10.0 Å². The Morgan fingerprint density at radius 3 is 2.55 bits per heavy atom. The van der Waals surface area contributed by atoms with Gasteiger partial charge in [0.1, 0.15) is 0 Å². The Balaban J connectivity index is 2.67. The highest BCUT2D eigenvalue weighted by Gasteiger charge is 2.33. The number of carboxylic acid groups (broad SMARTS) is 1. The number of nitrogens with one attached hydrogen (secondary N) is 1. The zero-order chi connectivity index (χ0) is 15.6. The lowest BCUT2D eigenvalue weighted by atomic mass is 10.0. The molecule has 1 aliphatic rings. The van der Waals surface area contributed by atoms with E-state index in [2.05, 4.69) is 4.72 Å². The molecule has 0 aromatic heterocycles. The molecule has 1 fully saturated rings. The lowest BCUT2D eigenvalue weighted by molar-refractivity contribution is -0.142. The van der Waals surface area contributed by atoms with E-state index in [1.54, 1.807) is 0 Å². The first kappa shape index (κ1) is 17.4. The van der Waals surface area contributed by atoms with Gasteiger partial charge in [-0.25, -0.2) is 4.72 Å². The van der Waals surface area contributed by atoms with Crippen molar-refractivity contribution < 1.29 is 18.3 Å². The van der Waals surface area contributed by atoms with Crippen LogP contribution in [0.3, 0.4) is 0 Å². The van der Waals surface area contributed by atoms with E-state index in [1.807, 2.05) is 32.8 Å². The van der Waals surface area contributed by atoms with Crippen LogP contribution in [0.5, 0.6) is 0 Å². The molecule has 118 valence electrons. The van der Waals surface area contributed by atoms with Gasteiger partial charge in [-0.1, -0.05) is 0 Å². The molecule has 1 saturated heterocycles. The third-order valence-electron chi connectivity index (χ3n) is 3.97. The number of carbonyl (C=O) groups is 1. The molecule has 7 nitrogen and oxygen atoms in total. The van der Waals surface area contributed by atoms with Crippen molar-refractivity contribution in [3.05, 3.63) is 0 Å². The highest BCUT2D eigenvalue weighted by molar-refractivity contribution is 7.87. The summed E-state index contributed by atoms with van der Waals surface area (Å²) in [5.74, 6) is -1.54. The molecular weight excluding hydrogens is 282 g/mol. The predicted molar refractivity (Wildman–Crippen MR) is 76.6 cm³/mol. The number of hydrogen-bond acceptors (Lipinski definition) is 4. The van der Waals surface area contributed by atoms with Gasteiger partial charge in [0.15, 0.2) is 0 Å². The molecule has 1 rings (SSSR count). The molecular formula is C12H25N3O4S. The highest BCUT2D eigenvalue weighted by Crippen LogP contribution is 2.19. The molecule has 0 spiro atoms. The fraction of sp³-hybridized carbons (Fsp3) is 0.917. The molecule has 1 unspecified atom stereocenters. The third-order valence-corrected chi connectivity index (χ3v) is 5.49. The summed E-state index contributed by atoms with van der Waals surface area (Å²) in [7, 11) is 0.146. The van der Waals surface area contributed by atoms with Crippen LogP contribution >= 0.6 is 0 Å². The summed E-state index contributed by atoms with van der Waals surface area (Å²) in [6.07, 6.45) is 1.11. The fourth-order valence-corrected chi connectivity index (χ4v) is 3.34. The molecule has 20 heavy (non-hydrogen) atoms. The van der Waals surface area contributed by atoms with Crippen LogP contribution in [0.1, 0.15) is 26.7 Å². The molecule has 0 aliphatic carbocycles. The van der Waals surface area contributed by atoms with E-state index in [9.17, 15) is 13.2 Å². The van der Waals surface area contributed by atoms with Crippen LogP contribution in [0.15, 0.2) is 0 Å². The van der Waals surface area contributed by atoms with Crippen molar-refractivity contribution in [3.8, 4) is 0 Å². The van der Waals surface area contributed by atoms with Crippen molar-refractivity contribution in [1.82, 2.24) is 13.9 Å². The Labute approximate surface area is 121 Å². The van der Waals surface area contributed by atoms with Crippen LogP contribution in [0.2, 0.25) is 0 Å². The first-order valence-corrected chi connectivity index (χ1v) is 8.15. The second kappa shape index (κ2) is 6.38. The first-order valence-electron chi connectivity index (χ1n) is 6.71. The molecule has 0 aromatic carbocycles. The second-order valence-corrected chi connectivity index (χ2v) is 7.82. The van der Waals surface area contributed by atoms with Gasteiger partial charge >= 0.3 is 5.97 Å². The summed E-state index contributed by atoms with van der Waals surface area (Å²) in [5.41, 5.74) is -0.310. The number of aliphatic carboxylic acids is 1. The van der Waals surface area contributed by atoms with Crippen LogP contribution in [0.4, 0.5) is 0 Å². The molecule has 0 amide bonds. The number of nitrogens with zero attached hydrogens (tertiary/aromatic N) is 2. The zero-order valence-electron chi connectivity index (χ0n) is 12.6. The van der Waals surface area contributed by atoms with Crippen LogP contribution in [-0.4, -0.2) is 68.0 Å². The topological polar surface area (TPSA) is 90.0 Å². The van der Waals surface area contributed by atoms with Gasteiger partial charge in [-0.3, -0.25) is 4.79 Å². The van der Waals surface area contributed by atoms with Crippen molar-refractivity contribution >= 4 is 16.2 Å². The van der Waals surface area contributed by atoms with Gasteiger partial charge in [-0.05, 0) is 40.8 Å². The molecule has 0 bridgehead atoms. The molecule has 0 saturated carbocycles. The first-order chi connectivity index (χ1) is 9.06. The van der Waals surface area contributed by atoms with E-state index in [-0.39, 0.29) is 18.6 Å². The van der Waals surface area contributed by atoms with Crippen LogP contribution in [0, 0.1) is 5.92 Å². The van der Waals surface area contributed by atoms with E-state index >= 15 is 0 Å². The van der Waals surface area contributed by atoms with Crippen LogP contribution in [0.25, 0.3) is 0 Å². The normalized spacial score (nSPS) is 22.1. The number of rotatable bonds is 6. The van der Waals surface area contributed by atoms with Crippen molar-refractivity contribution in [3.63, 3.8) is 0 Å². The second-order valence-electron chi connectivity index (χ2n) is 6.07. The SMILES string of the molecule is CN(C)C(C)(C)CNS(=O)(=O)N1CCCC(C(=O)O)C1. The minimum absolute atomic E-state index is 0.0487. The summed E-state index contributed by atoms with van der Waals surface area (Å²) in [6.45, 7) is 4.57. The summed E-state index contributed by atoms with van der Waals surface area (Å²) >= 11 is 0. The summed E-state index contributed by atoms with van der Waals surface area (Å²) in [5, 5.41) is 9.01. The monoisotopic (exact) mass is 307 g/mol. The molecule has 1 aliphatic heterocycles. The zero-order valence-corrected chi connectivity index (χ0v) is 13.4. The average molecular weight is 307 g/mol. The molecule has 1 atom stereocenters. The highest BCUT2D eigenvalue weighted by atomic mass is 32.2. The van der Waals surface area contributed by atoms with E-state index in [0.29, 0.717) is 19.4 Å². The quantitative estimate of drug-likeness (QED) is 0.718. The minimum Gasteiger partial charge on any atom is -0.481 e. The van der Waals surface area contributed by atoms with Crippen LogP contribution in [-0.2, 0) is 15.0 Å². The molecule has 0 radical (unpaired) electrons. The van der Waals surface area contributed by atoms with Crippen molar-refractivity contribution in [2.75, 3.05) is 33.7 Å². The maximum absolute atomic E-state index is 12.2. The van der Waals surface area contributed by atoms with Crippen molar-refractivity contribution in [1.29, 1.82) is 0 Å². The van der Waals surface area contributed by atoms with Gasteiger partial charge in [0, 0.05) is 25.2 Å². The van der Waals surface area contributed by atoms with E-state index in [0.717, 1.165) is 0 Å². The Kier molecular flexibility index (Phi) is 5.54. The molecule has 0 aromatic rings.